The van der Waals surface area contributed by atoms with Crippen LogP contribution in [0.3, 0.4) is 0 Å². The first kappa shape index (κ1) is 22.2. The average molecular weight is 402 g/mol. The largest absolute Gasteiger partial charge is 0.317 e. The Labute approximate surface area is 182 Å². The fourth-order valence-corrected chi connectivity index (χ4v) is 9.54. The van der Waals surface area contributed by atoms with E-state index in [1.807, 2.05) is 0 Å². The first-order valence-electron chi connectivity index (χ1n) is 13.5. The highest BCUT2D eigenvalue weighted by Gasteiger charge is 2.60. The molecule has 0 radical (unpaired) electrons. The van der Waals surface area contributed by atoms with Crippen molar-refractivity contribution in [3.8, 4) is 0 Å². The standard InChI is InChI=1S/C28H51N/c1-19(2)8-7-9-20(3)24-12-13-25-23-11-10-21-18-22(29-6)14-16-27(21,4)26(23)15-17-28(24,25)5/h19-26,29H,7-18H2,1-6H3/t20-,21?,22?,23+,24-,25+,26+,27+,28-/m1/s1. The van der Waals surface area contributed by atoms with Crippen LogP contribution in [0, 0.1) is 52.3 Å². The van der Waals surface area contributed by atoms with Gasteiger partial charge in [-0.1, -0.05) is 53.9 Å². The third kappa shape index (κ3) is 3.85. The summed E-state index contributed by atoms with van der Waals surface area (Å²) in [4.78, 5) is 0. The summed E-state index contributed by atoms with van der Waals surface area (Å²) in [5.74, 6) is 6.94. The van der Waals surface area contributed by atoms with Crippen LogP contribution in [-0.2, 0) is 0 Å². The van der Waals surface area contributed by atoms with Gasteiger partial charge in [-0.15, -0.1) is 0 Å². The average Bonchev–Trinajstić information content (AvgIpc) is 3.04. The Balaban J connectivity index is 1.45. The van der Waals surface area contributed by atoms with Gasteiger partial charge in [-0.25, -0.2) is 0 Å². The zero-order chi connectivity index (χ0) is 20.8. The van der Waals surface area contributed by atoms with Gasteiger partial charge in [0.2, 0.25) is 0 Å². The summed E-state index contributed by atoms with van der Waals surface area (Å²) in [6, 6.07) is 0.793. The first-order valence-corrected chi connectivity index (χ1v) is 13.5. The van der Waals surface area contributed by atoms with E-state index in [0.29, 0.717) is 10.8 Å². The van der Waals surface area contributed by atoms with Crippen molar-refractivity contribution in [2.24, 2.45) is 52.3 Å². The maximum atomic E-state index is 3.61. The van der Waals surface area contributed by atoms with Crippen molar-refractivity contribution in [3.05, 3.63) is 0 Å². The van der Waals surface area contributed by atoms with Gasteiger partial charge in [0.05, 0.1) is 0 Å². The molecule has 0 aromatic carbocycles. The minimum atomic E-state index is 0.651. The fraction of sp³-hybridized carbons (Fsp3) is 1.00. The van der Waals surface area contributed by atoms with E-state index in [1.54, 1.807) is 19.3 Å². The normalized spacial score (nSPS) is 48.1. The summed E-state index contributed by atoms with van der Waals surface area (Å²) >= 11 is 0. The van der Waals surface area contributed by atoms with Crippen molar-refractivity contribution in [3.63, 3.8) is 0 Å². The third-order valence-electron chi connectivity index (χ3n) is 11.3. The molecule has 4 aliphatic rings. The molecule has 4 fully saturated rings. The van der Waals surface area contributed by atoms with Gasteiger partial charge in [0.25, 0.3) is 0 Å². The Morgan fingerprint density at radius 3 is 2.28 bits per heavy atom. The first-order chi connectivity index (χ1) is 13.8. The minimum absolute atomic E-state index is 0.651. The highest BCUT2D eigenvalue weighted by atomic mass is 14.9. The molecule has 4 rings (SSSR count). The van der Waals surface area contributed by atoms with Gasteiger partial charge in [0.15, 0.2) is 0 Å². The Morgan fingerprint density at radius 1 is 0.828 bits per heavy atom. The van der Waals surface area contributed by atoms with E-state index in [2.05, 4.69) is 47.0 Å². The molecular formula is C28H51N. The molecule has 0 aliphatic heterocycles. The predicted octanol–water partition coefficient (Wildman–Crippen LogP) is 7.70. The van der Waals surface area contributed by atoms with Gasteiger partial charge >= 0.3 is 0 Å². The molecule has 168 valence electrons. The van der Waals surface area contributed by atoms with Crippen molar-refractivity contribution < 1.29 is 0 Å². The molecule has 0 aromatic rings. The lowest BCUT2D eigenvalue weighted by Gasteiger charge is -2.61. The van der Waals surface area contributed by atoms with Gasteiger partial charge in [0, 0.05) is 6.04 Å². The van der Waals surface area contributed by atoms with Crippen LogP contribution >= 0.6 is 0 Å². The lowest BCUT2D eigenvalue weighted by molar-refractivity contribution is -0.117. The molecule has 0 amide bonds. The highest BCUT2D eigenvalue weighted by molar-refractivity contribution is 5.10. The summed E-state index contributed by atoms with van der Waals surface area (Å²) in [5.41, 5.74) is 1.31. The molecule has 0 spiro atoms. The summed E-state index contributed by atoms with van der Waals surface area (Å²) < 4.78 is 0. The van der Waals surface area contributed by atoms with Crippen molar-refractivity contribution in [1.82, 2.24) is 5.32 Å². The van der Waals surface area contributed by atoms with Crippen LogP contribution in [0.25, 0.3) is 0 Å². The maximum Gasteiger partial charge on any atom is 0.00671 e. The molecule has 9 atom stereocenters. The zero-order valence-corrected chi connectivity index (χ0v) is 20.6. The lowest BCUT2D eigenvalue weighted by Crippen LogP contribution is -2.55. The van der Waals surface area contributed by atoms with E-state index in [-0.39, 0.29) is 0 Å². The molecule has 0 saturated heterocycles. The van der Waals surface area contributed by atoms with Crippen LogP contribution < -0.4 is 5.32 Å². The molecule has 0 heterocycles. The molecule has 1 nitrogen and oxygen atoms in total. The second-order valence-electron chi connectivity index (χ2n) is 12.9. The molecule has 4 saturated carbocycles. The maximum absolute atomic E-state index is 3.61. The van der Waals surface area contributed by atoms with E-state index >= 15 is 0 Å². The SMILES string of the molecule is CNC1CC[C@@]2(C)C(CC[C@H]3[C@@H]4CC[C@H]([C@H](C)CCCC(C)C)[C@@]4(C)CC[C@@H]32)C1. The summed E-state index contributed by atoms with van der Waals surface area (Å²) in [6.07, 6.45) is 18.0. The Bertz CT molecular complexity index is 555. The molecular weight excluding hydrogens is 350 g/mol. The summed E-state index contributed by atoms with van der Waals surface area (Å²) in [5, 5.41) is 3.61. The topological polar surface area (TPSA) is 12.0 Å². The monoisotopic (exact) mass is 401 g/mol. The van der Waals surface area contributed by atoms with Crippen LogP contribution in [-0.4, -0.2) is 13.1 Å². The third-order valence-corrected chi connectivity index (χ3v) is 11.3. The van der Waals surface area contributed by atoms with E-state index < -0.39 is 0 Å². The molecule has 1 N–H and O–H groups in total. The van der Waals surface area contributed by atoms with E-state index in [4.69, 9.17) is 0 Å². The fourth-order valence-electron chi connectivity index (χ4n) is 9.54. The van der Waals surface area contributed by atoms with E-state index in [9.17, 15) is 0 Å². The molecule has 2 unspecified atom stereocenters. The number of hydrogen-bond acceptors (Lipinski definition) is 1. The Hall–Kier alpha value is -0.0400. The Kier molecular flexibility index (Phi) is 6.48. The number of rotatable bonds is 6. The van der Waals surface area contributed by atoms with Crippen molar-refractivity contribution in [2.45, 2.75) is 118 Å². The number of hydrogen-bond donors (Lipinski definition) is 1. The predicted molar refractivity (Wildman–Crippen MR) is 126 cm³/mol. The van der Waals surface area contributed by atoms with Crippen molar-refractivity contribution in [2.75, 3.05) is 7.05 Å². The van der Waals surface area contributed by atoms with Crippen LogP contribution in [0.15, 0.2) is 0 Å². The second-order valence-corrected chi connectivity index (χ2v) is 12.9. The van der Waals surface area contributed by atoms with Crippen LogP contribution in [0.5, 0.6) is 0 Å². The lowest BCUT2D eigenvalue weighted by atomic mass is 9.44. The van der Waals surface area contributed by atoms with Gasteiger partial charge in [-0.3, -0.25) is 0 Å². The summed E-state index contributed by atoms with van der Waals surface area (Å²) in [7, 11) is 2.19. The van der Waals surface area contributed by atoms with Crippen LogP contribution in [0.1, 0.15) is 112 Å². The van der Waals surface area contributed by atoms with Gasteiger partial charge in [-0.05, 0) is 117 Å². The number of nitrogens with one attached hydrogen (secondary N) is 1. The zero-order valence-electron chi connectivity index (χ0n) is 20.6. The minimum Gasteiger partial charge on any atom is -0.317 e. The molecule has 29 heavy (non-hydrogen) atoms. The molecule has 0 aromatic heterocycles. The molecule has 4 aliphatic carbocycles. The smallest absolute Gasteiger partial charge is 0.00671 e. The van der Waals surface area contributed by atoms with Crippen molar-refractivity contribution in [1.29, 1.82) is 0 Å². The van der Waals surface area contributed by atoms with Crippen molar-refractivity contribution >= 4 is 0 Å². The van der Waals surface area contributed by atoms with Gasteiger partial charge in [-0.2, -0.15) is 0 Å². The quantitative estimate of drug-likeness (QED) is 0.481. The van der Waals surface area contributed by atoms with Crippen LogP contribution in [0.4, 0.5) is 0 Å². The molecule has 0 bridgehead atoms. The Morgan fingerprint density at radius 2 is 1.55 bits per heavy atom. The van der Waals surface area contributed by atoms with E-state index in [1.165, 1.54) is 57.8 Å². The van der Waals surface area contributed by atoms with Crippen LogP contribution in [0.2, 0.25) is 0 Å². The second kappa shape index (κ2) is 8.48. The van der Waals surface area contributed by atoms with E-state index in [0.717, 1.165) is 47.5 Å². The number of fused-ring (bicyclic) bond motifs is 5. The summed E-state index contributed by atoms with van der Waals surface area (Å²) in [6.45, 7) is 12.9. The highest BCUT2D eigenvalue weighted by Crippen LogP contribution is 2.68. The van der Waals surface area contributed by atoms with Gasteiger partial charge < -0.3 is 5.32 Å². The molecule has 1 heteroatoms. The van der Waals surface area contributed by atoms with Gasteiger partial charge in [0.1, 0.15) is 0 Å².